The van der Waals surface area contributed by atoms with Crippen LogP contribution in [0.25, 0.3) is 11.0 Å². The van der Waals surface area contributed by atoms with E-state index in [4.69, 9.17) is 9.40 Å². The van der Waals surface area contributed by atoms with Gasteiger partial charge in [-0.05, 0) is 65.3 Å². The van der Waals surface area contributed by atoms with Crippen LogP contribution in [-0.2, 0) is 29.2 Å². The summed E-state index contributed by atoms with van der Waals surface area (Å²) in [6.45, 7) is 13.8. The van der Waals surface area contributed by atoms with Crippen molar-refractivity contribution in [1.82, 2.24) is 14.5 Å². The fraction of sp³-hybridized carbons (Fsp3) is 0.419. The number of rotatable bonds is 8. The Kier molecular flexibility index (Phi) is 7.65. The SMILES string of the molecule is CCN1C(=O)C(C)(C)C(=O)N(C)c2c(CN(CCn3ccc4oc(C)cc4c3=O)Cc3nc(C)c(C)s3)cccc21. The van der Waals surface area contributed by atoms with E-state index in [0.717, 1.165) is 27.6 Å². The number of nitrogens with zero attached hydrogens (tertiary/aromatic N) is 5. The minimum absolute atomic E-state index is 0.0847. The molecule has 3 aromatic heterocycles. The maximum Gasteiger partial charge on any atom is 0.261 e. The lowest BCUT2D eigenvalue weighted by Gasteiger charge is -2.28. The standard InChI is InChI=1S/C31H37N5O4S/c1-8-36-24-11-9-10-22(27(24)33(7)29(38)31(5,6)30(36)39)17-34(18-26-32-20(3)21(4)41-26)14-15-35-13-12-25-23(28(35)37)16-19(2)40-25/h9-13,16H,8,14-15,17-18H2,1-7H3. The van der Waals surface area contributed by atoms with Gasteiger partial charge in [-0.1, -0.05) is 12.1 Å². The van der Waals surface area contributed by atoms with Crippen LogP contribution in [-0.4, -0.2) is 46.4 Å². The fourth-order valence-corrected chi connectivity index (χ4v) is 6.54. The molecular weight excluding hydrogens is 538 g/mol. The monoisotopic (exact) mass is 575 g/mol. The van der Waals surface area contributed by atoms with Gasteiger partial charge in [-0.3, -0.25) is 19.3 Å². The van der Waals surface area contributed by atoms with E-state index < -0.39 is 5.41 Å². The molecule has 0 radical (unpaired) electrons. The number of amides is 2. The van der Waals surface area contributed by atoms with Crippen molar-refractivity contribution < 1.29 is 14.0 Å². The molecule has 5 rings (SSSR count). The molecule has 0 fully saturated rings. The van der Waals surface area contributed by atoms with Crippen LogP contribution in [0.15, 0.2) is 45.7 Å². The quantitative estimate of drug-likeness (QED) is 0.274. The largest absolute Gasteiger partial charge is 0.461 e. The average Bonchev–Trinajstić information content (AvgIpc) is 3.46. The molecule has 9 nitrogen and oxygen atoms in total. The van der Waals surface area contributed by atoms with E-state index in [1.165, 1.54) is 4.88 Å². The number of pyridine rings is 1. The maximum atomic E-state index is 13.5. The van der Waals surface area contributed by atoms with E-state index in [1.807, 2.05) is 45.0 Å². The van der Waals surface area contributed by atoms with Crippen LogP contribution in [0.2, 0.25) is 0 Å². The Bertz CT molecular complexity index is 1680. The predicted octanol–water partition coefficient (Wildman–Crippen LogP) is 5.03. The van der Waals surface area contributed by atoms with Crippen molar-refractivity contribution in [1.29, 1.82) is 0 Å². The number of thiazole rings is 1. The highest BCUT2D eigenvalue weighted by atomic mass is 32.1. The topological polar surface area (TPSA) is 91.9 Å². The number of furan rings is 1. The average molecular weight is 576 g/mol. The molecule has 0 unspecified atom stereocenters. The number of aromatic nitrogens is 2. The van der Waals surface area contributed by atoms with E-state index in [0.29, 0.717) is 49.5 Å². The van der Waals surface area contributed by atoms with Crippen LogP contribution in [0.4, 0.5) is 11.4 Å². The maximum absolute atomic E-state index is 13.5. The second-order valence-electron chi connectivity index (χ2n) is 11.2. The minimum Gasteiger partial charge on any atom is -0.461 e. The van der Waals surface area contributed by atoms with E-state index in [9.17, 15) is 14.4 Å². The van der Waals surface area contributed by atoms with Crippen LogP contribution in [0.5, 0.6) is 0 Å². The number of para-hydroxylation sites is 1. The third-order valence-electron chi connectivity index (χ3n) is 7.92. The molecule has 0 N–H and O–H groups in total. The first kappa shape index (κ1) is 28.8. The molecule has 0 spiro atoms. The van der Waals surface area contributed by atoms with Crippen molar-refractivity contribution in [3.8, 4) is 0 Å². The van der Waals surface area contributed by atoms with Gasteiger partial charge in [-0.2, -0.15) is 0 Å². The first-order chi connectivity index (χ1) is 19.4. The highest BCUT2D eigenvalue weighted by Crippen LogP contribution is 2.41. The normalized spacial score (nSPS) is 15.2. The van der Waals surface area contributed by atoms with Gasteiger partial charge in [0.25, 0.3) is 5.56 Å². The second kappa shape index (κ2) is 10.9. The van der Waals surface area contributed by atoms with Crippen molar-refractivity contribution in [2.45, 2.75) is 61.2 Å². The summed E-state index contributed by atoms with van der Waals surface area (Å²) in [4.78, 5) is 51.7. The van der Waals surface area contributed by atoms with Gasteiger partial charge in [0.1, 0.15) is 21.8 Å². The second-order valence-corrected chi connectivity index (χ2v) is 12.5. The van der Waals surface area contributed by atoms with E-state index in [2.05, 4.69) is 11.8 Å². The number of aryl methyl sites for hydroxylation is 3. The number of hydrogen-bond acceptors (Lipinski definition) is 7. The molecular formula is C31H37N5O4S. The van der Waals surface area contributed by atoms with Crippen molar-refractivity contribution in [2.75, 3.05) is 29.9 Å². The van der Waals surface area contributed by atoms with E-state index in [-0.39, 0.29) is 17.4 Å². The van der Waals surface area contributed by atoms with Crippen molar-refractivity contribution in [2.24, 2.45) is 5.41 Å². The Balaban J connectivity index is 1.51. The zero-order chi connectivity index (χ0) is 29.6. The molecule has 0 bridgehead atoms. The lowest BCUT2D eigenvalue weighted by atomic mass is 9.90. The Morgan fingerprint density at radius 3 is 2.49 bits per heavy atom. The molecule has 4 aromatic rings. The summed E-state index contributed by atoms with van der Waals surface area (Å²) in [5.41, 5.74) is 2.74. The van der Waals surface area contributed by atoms with Gasteiger partial charge in [0.05, 0.1) is 29.0 Å². The molecule has 41 heavy (non-hydrogen) atoms. The first-order valence-corrected chi connectivity index (χ1v) is 14.7. The minimum atomic E-state index is -1.18. The Labute approximate surface area is 244 Å². The summed E-state index contributed by atoms with van der Waals surface area (Å²) in [7, 11) is 1.75. The van der Waals surface area contributed by atoms with Gasteiger partial charge in [0.15, 0.2) is 0 Å². The number of carbonyl (C=O) groups is 2. The lowest BCUT2D eigenvalue weighted by Crippen LogP contribution is -2.47. The van der Waals surface area contributed by atoms with Gasteiger partial charge in [0.2, 0.25) is 11.8 Å². The predicted molar refractivity (Wildman–Crippen MR) is 163 cm³/mol. The van der Waals surface area contributed by atoms with Gasteiger partial charge < -0.3 is 18.8 Å². The lowest BCUT2D eigenvalue weighted by molar-refractivity contribution is -0.137. The fourth-order valence-electron chi connectivity index (χ4n) is 5.56. The van der Waals surface area contributed by atoms with Crippen molar-refractivity contribution in [3.63, 3.8) is 0 Å². The Morgan fingerprint density at radius 1 is 1.05 bits per heavy atom. The summed E-state index contributed by atoms with van der Waals surface area (Å²) in [6, 6.07) is 9.47. The third kappa shape index (κ3) is 5.22. The zero-order valence-electron chi connectivity index (χ0n) is 24.8. The zero-order valence-corrected chi connectivity index (χ0v) is 25.6. The summed E-state index contributed by atoms with van der Waals surface area (Å²) in [5, 5.41) is 1.56. The molecule has 0 aliphatic carbocycles. The molecule has 1 aliphatic rings. The van der Waals surface area contributed by atoms with Gasteiger partial charge in [-0.15, -0.1) is 11.3 Å². The molecule has 1 aliphatic heterocycles. The third-order valence-corrected chi connectivity index (χ3v) is 8.98. The summed E-state index contributed by atoms with van der Waals surface area (Å²) in [5.74, 6) is 0.264. The van der Waals surface area contributed by atoms with Crippen molar-refractivity contribution in [3.05, 3.63) is 73.8 Å². The van der Waals surface area contributed by atoms with E-state index >= 15 is 0 Å². The van der Waals surface area contributed by atoms with Crippen LogP contribution in [0.3, 0.4) is 0 Å². The number of fused-ring (bicyclic) bond motifs is 2. The number of hydrogen-bond donors (Lipinski definition) is 0. The molecule has 1 aromatic carbocycles. The van der Waals surface area contributed by atoms with Crippen LogP contribution < -0.4 is 15.4 Å². The van der Waals surface area contributed by atoms with Gasteiger partial charge in [0, 0.05) is 44.3 Å². The molecule has 0 saturated heterocycles. The molecule has 2 amide bonds. The number of benzene rings is 1. The first-order valence-electron chi connectivity index (χ1n) is 13.9. The van der Waals surface area contributed by atoms with E-state index in [1.54, 1.807) is 58.9 Å². The van der Waals surface area contributed by atoms with Gasteiger partial charge in [-0.25, -0.2) is 4.98 Å². The Morgan fingerprint density at radius 2 is 1.80 bits per heavy atom. The van der Waals surface area contributed by atoms with Crippen LogP contribution in [0.1, 0.15) is 47.7 Å². The van der Waals surface area contributed by atoms with Crippen molar-refractivity contribution >= 4 is 45.5 Å². The van der Waals surface area contributed by atoms with Crippen LogP contribution in [0, 0.1) is 26.2 Å². The molecule has 0 atom stereocenters. The van der Waals surface area contributed by atoms with Crippen LogP contribution >= 0.6 is 11.3 Å². The Hall–Kier alpha value is -3.76. The summed E-state index contributed by atoms with van der Waals surface area (Å²) >= 11 is 1.67. The molecule has 10 heteroatoms. The highest BCUT2D eigenvalue weighted by Gasteiger charge is 2.45. The number of anilines is 2. The highest BCUT2D eigenvalue weighted by molar-refractivity contribution is 7.11. The summed E-state index contributed by atoms with van der Waals surface area (Å²) in [6.07, 6.45) is 1.78. The molecule has 216 valence electrons. The number of carbonyl (C=O) groups excluding carboxylic acids is 2. The molecule has 0 saturated carbocycles. The molecule has 4 heterocycles. The smallest absolute Gasteiger partial charge is 0.261 e. The summed E-state index contributed by atoms with van der Waals surface area (Å²) < 4.78 is 7.34. The van der Waals surface area contributed by atoms with Gasteiger partial charge >= 0.3 is 0 Å².